The van der Waals surface area contributed by atoms with Gasteiger partial charge in [0.15, 0.2) is 0 Å². The zero-order valence-corrected chi connectivity index (χ0v) is 12.9. The molecule has 0 fully saturated rings. The van der Waals surface area contributed by atoms with E-state index in [9.17, 15) is 15.2 Å². The van der Waals surface area contributed by atoms with E-state index in [4.69, 9.17) is 0 Å². The Kier molecular flexibility index (Phi) is 4.29. The predicted octanol–water partition coefficient (Wildman–Crippen LogP) is 0.937. The van der Waals surface area contributed by atoms with Crippen LogP contribution >= 0.6 is 0 Å². The van der Waals surface area contributed by atoms with Gasteiger partial charge in [-0.2, -0.15) is 4.68 Å². The van der Waals surface area contributed by atoms with Crippen LogP contribution in [-0.4, -0.2) is 54.7 Å². The molecule has 2 heterocycles. The minimum absolute atomic E-state index is 0.0371. The monoisotopic (exact) mass is 329 g/mol. The summed E-state index contributed by atoms with van der Waals surface area (Å²) in [6.45, 7) is 2.37. The first-order valence-corrected chi connectivity index (χ1v) is 7.33. The van der Waals surface area contributed by atoms with Crippen molar-refractivity contribution in [3.05, 3.63) is 40.7 Å². The van der Waals surface area contributed by atoms with Crippen molar-refractivity contribution in [2.75, 3.05) is 24.6 Å². The standard InChI is InChI=1S/C14H15N7O3/c1-2-19(7-8-22)13-12(21(23)24)14(16-9-15-13)20-11-6-4-3-5-10(11)17-18-20/h3-6,9,22H,2,7-8H2,1H3. The fourth-order valence-electron chi connectivity index (χ4n) is 2.47. The molecular weight excluding hydrogens is 314 g/mol. The molecule has 0 atom stereocenters. The van der Waals surface area contributed by atoms with Crippen LogP contribution in [0.3, 0.4) is 0 Å². The van der Waals surface area contributed by atoms with Gasteiger partial charge in [0.05, 0.1) is 17.0 Å². The van der Waals surface area contributed by atoms with E-state index in [1.54, 1.807) is 29.2 Å². The topological polar surface area (TPSA) is 123 Å². The van der Waals surface area contributed by atoms with E-state index in [1.165, 1.54) is 11.0 Å². The Labute approximate surface area is 136 Å². The summed E-state index contributed by atoms with van der Waals surface area (Å²) in [6.07, 6.45) is 1.24. The lowest BCUT2D eigenvalue weighted by atomic mass is 10.3. The van der Waals surface area contributed by atoms with Crippen molar-refractivity contribution in [2.24, 2.45) is 0 Å². The Morgan fingerprint density at radius 1 is 1.33 bits per heavy atom. The summed E-state index contributed by atoms with van der Waals surface area (Å²) in [4.78, 5) is 20.8. The van der Waals surface area contributed by atoms with E-state index in [1.807, 2.05) is 6.92 Å². The van der Waals surface area contributed by atoms with Crippen LogP contribution < -0.4 is 4.90 Å². The first-order valence-electron chi connectivity index (χ1n) is 7.33. The molecule has 0 radical (unpaired) electrons. The van der Waals surface area contributed by atoms with Gasteiger partial charge in [-0.15, -0.1) is 5.10 Å². The predicted molar refractivity (Wildman–Crippen MR) is 86.1 cm³/mol. The molecule has 3 rings (SSSR count). The normalized spacial score (nSPS) is 10.9. The number of rotatable bonds is 6. The number of anilines is 1. The molecule has 0 saturated carbocycles. The Hall–Kier alpha value is -3.14. The molecule has 0 aliphatic rings. The van der Waals surface area contributed by atoms with Crippen molar-refractivity contribution in [1.29, 1.82) is 0 Å². The molecule has 1 aromatic carbocycles. The maximum Gasteiger partial charge on any atom is 0.355 e. The number of fused-ring (bicyclic) bond motifs is 1. The van der Waals surface area contributed by atoms with E-state index in [-0.39, 0.29) is 30.5 Å². The van der Waals surface area contributed by atoms with Crippen LogP contribution in [-0.2, 0) is 0 Å². The molecule has 0 bridgehead atoms. The van der Waals surface area contributed by atoms with Gasteiger partial charge in [0, 0.05) is 13.1 Å². The van der Waals surface area contributed by atoms with Crippen LogP contribution in [0.2, 0.25) is 0 Å². The van der Waals surface area contributed by atoms with Crippen LogP contribution in [0.4, 0.5) is 11.5 Å². The molecule has 0 amide bonds. The SMILES string of the molecule is CCN(CCO)c1ncnc(-n2nnc3ccccc32)c1[N+](=O)[O-]. The fraction of sp³-hybridized carbons (Fsp3) is 0.286. The summed E-state index contributed by atoms with van der Waals surface area (Å²) in [5.41, 5.74) is 0.938. The van der Waals surface area contributed by atoms with Crippen LogP contribution in [0.25, 0.3) is 16.9 Å². The quantitative estimate of drug-likeness (QED) is 0.523. The van der Waals surface area contributed by atoms with Gasteiger partial charge in [0.1, 0.15) is 11.8 Å². The summed E-state index contributed by atoms with van der Waals surface area (Å²) in [7, 11) is 0. The number of para-hydroxylation sites is 1. The molecule has 0 spiro atoms. The fourth-order valence-corrected chi connectivity index (χ4v) is 2.47. The maximum atomic E-state index is 11.7. The molecule has 10 heteroatoms. The number of aliphatic hydroxyl groups is 1. The van der Waals surface area contributed by atoms with Crippen molar-refractivity contribution in [3.63, 3.8) is 0 Å². The molecular formula is C14H15N7O3. The second kappa shape index (κ2) is 6.54. The van der Waals surface area contributed by atoms with E-state index in [2.05, 4.69) is 20.3 Å². The number of hydrogen-bond acceptors (Lipinski definition) is 8. The molecule has 10 nitrogen and oxygen atoms in total. The molecule has 0 aliphatic carbocycles. The first-order chi connectivity index (χ1) is 11.7. The summed E-state index contributed by atoms with van der Waals surface area (Å²) in [5.74, 6) is 0.177. The lowest BCUT2D eigenvalue weighted by Crippen LogP contribution is -2.28. The van der Waals surface area contributed by atoms with Gasteiger partial charge >= 0.3 is 5.69 Å². The van der Waals surface area contributed by atoms with Gasteiger partial charge in [-0.1, -0.05) is 17.3 Å². The minimum Gasteiger partial charge on any atom is -0.395 e. The molecule has 124 valence electrons. The third-order valence-electron chi connectivity index (χ3n) is 3.57. The molecule has 0 aliphatic heterocycles. The lowest BCUT2D eigenvalue weighted by Gasteiger charge is -2.20. The number of aromatic nitrogens is 5. The van der Waals surface area contributed by atoms with Crippen molar-refractivity contribution in [1.82, 2.24) is 25.0 Å². The molecule has 2 aromatic heterocycles. The zero-order chi connectivity index (χ0) is 17.1. The third kappa shape index (κ3) is 2.63. The number of nitrogens with zero attached hydrogens (tertiary/aromatic N) is 7. The van der Waals surface area contributed by atoms with Gasteiger partial charge in [0.2, 0.25) is 11.6 Å². The Morgan fingerprint density at radius 2 is 2.12 bits per heavy atom. The Bertz CT molecular complexity index is 880. The highest BCUT2D eigenvalue weighted by Crippen LogP contribution is 2.31. The average Bonchev–Trinajstić information content (AvgIpc) is 3.03. The van der Waals surface area contributed by atoms with Crippen molar-refractivity contribution < 1.29 is 10.0 Å². The maximum absolute atomic E-state index is 11.7. The van der Waals surface area contributed by atoms with Gasteiger partial charge in [-0.25, -0.2) is 9.97 Å². The van der Waals surface area contributed by atoms with Crippen LogP contribution in [0.5, 0.6) is 0 Å². The van der Waals surface area contributed by atoms with E-state index in [0.717, 1.165) is 0 Å². The Morgan fingerprint density at radius 3 is 2.83 bits per heavy atom. The number of hydrogen-bond donors (Lipinski definition) is 1. The highest BCUT2D eigenvalue weighted by Gasteiger charge is 2.28. The second-order valence-electron chi connectivity index (χ2n) is 4.92. The Balaban J connectivity index is 2.23. The highest BCUT2D eigenvalue weighted by atomic mass is 16.6. The molecule has 3 aromatic rings. The number of benzene rings is 1. The summed E-state index contributed by atoms with van der Waals surface area (Å²) in [6, 6.07) is 7.12. The molecule has 0 saturated heterocycles. The van der Waals surface area contributed by atoms with Gasteiger partial charge in [-0.05, 0) is 19.1 Å². The van der Waals surface area contributed by atoms with Crippen molar-refractivity contribution in [3.8, 4) is 5.82 Å². The second-order valence-corrected chi connectivity index (χ2v) is 4.92. The average molecular weight is 329 g/mol. The largest absolute Gasteiger partial charge is 0.395 e. The zero-order valence-electron chi connectivity index (χ0n) is 12.9. The minimum atomic E-state index is -0.541. The molecule has 0 unspecified atom stereocenters. The van der Waals surface area contributed by atoms with Gasteiger partial charge in [-0.3, -0.25) is 10.1 Å². The van der Waals surface area contributed by atoms with E-state index in [0.29, 0.717) is 17.6 Å². The molecule has 1 N–H and O–H groups in total. The van der Waals surface area contributed by atoms with Crippen molar-refractivity contribution >= 4 is 22.5 Å². The van der Waals surface area contributed by atoms with Crippen molar-refractivity contribution in [2.45, 2.75) is 6.92 Å². The van der Waals surface area contributed by atoms with Gasteiger partial charge in [0.25, 0.3) is 0 Å². The highest BCUT2D eigenvalue weighted by molar-refractivity contribution is 5.77. The smallest absolute Gasteiger partial charge is 0.355 e. The van der Waals surface area contributed by atoms with E-state index < -0.39 is 4.92 Å². The lowest BCUT2D eigenvalue weighted by molar-refractivity contribution is -0.384. The summed E-state index contributed by atoms with van der Waals surface area (Å²) < 4.78 is 1.32. The van der Waals surface area contributed by atoms with Crippen LogP contribution in [0, 0.1) is 10.1 Å². The number of aliphatic hydroxyl groups excluding tert-OH is 1. The number of likely N-dealkylation sites (N-methyl/N-ethyl adjacent to an activating group) is 1. The summed E-state index contributed by atoms with van der Waals surface area (Å²) >= 11 is 0. The van der Waals surface area contributed by atoms with Crippen LogP contribution in [0.15, 0.2) is 30.6 Å². The first kappa shape index (κ1) is 15.7. The van der Waals surface area contributed by atoms with E-state index >= 15 is 0 Å². The van der Waals surface area contributed by atoms with Gasteiger partial charge < -0.3 is 10.0 Å². The van der Waals surface area contributed by atoms with Crippen LogP contribution in [0.1, 0.15) is 6.92 Å². The number of nitro groups is 1. The molecule has 24 heavy (non-hydrogen) atoms. The summed E-state index contributed by atoms with van der Waals surface area (Å²) in [5, 5.41) is 28.8. The third-order valence-corrected chi connectivity index (χ3v) is 3.57.